The summed E-state index contributed by atoms with van der Waals surface area (Å²) in [5.74, 6) is -0.567. The second kappa shape index (κ2) is 7.78. The number of nitrogens with one attached hydrogen (secondary N) is 1. The Bertz CT molecular complexity index is 761. The van der Waals surface area contributed by atoms with Crippen LogP contribution in [-0.4, -0.2) is 29.8 Å². The van der Waals surface area contributed by atoms with E-state index in [-0.39, 0.29) is 23.5 Å². The van der Waals surface area contributed by atoms with Crippen LogP contribution >= 0.6 is 11.3 Å². The van der Waals surface area contributed by atoms with Crippen LogP contribution in [0.15, 0.2) is 35.7 Å². The number of hydrogen-bond donors (Lipinski definition) is 1. The lowest BCUT2D eigenvalue weighted by Gasteiger charge is -2.31. The van der Waals surface area contributed by atoms with Gasteiger partial charge < -0.3 is 10.2 Å². The smallest absolute Gasteiger partial charge is 0.263 e. The van der Waals surface area contributed by atoms with Crippen LogP contribution in [0.25, 0.3) is 0 Å². The second-order valence-corrected chi connectivity index (χ2v) is 7.32. The molecular weight excluding hydrogens is 339 g/mol. The van der Waals surface area contributed by atoms with Crippen LogP contribution in [0.5, 0.6) is 0 Å². The van der Waals surface area contributed by atoms with Crippen LogP contribution in [0, 0.1) is 18.7 Å². The fourth-order valence-corrected chi connectivity index (χ4v) is 3.70. The van der Waals surface area contributed by atoms with Crippen molar-refractivity contribution in [2.75, 3.05) is 13.1 Å². The number of nitrogens with zero attached hydrogens (tertiary/aromatic N) is 1. The van der Waals surface area contributed by atoms with Gasteiger partial charge in [0.15, 0.2) is 0 Å². The average molecular weight is 360 g/mol. The van der Waals surface area contributed by atoms with Crippen LogP contribution in [0.4, 0.5) is 4.39 Å². The second-order valence-electron chi connectivity index (χ2n) is 6.37. The molecule has 1 fully saturated rings. The third kappa shape index (κ3) is 4.25. The Morgan fingerprint density at radius 3 is 2.92 bits per heavy atom. The molecule has 4 nitrogen and oxygen atoms in total. The number of rotatable bonds is 4. The number of halogens is 1. The predicted octanol–water partition coefficient (Wildman–Crippen LogP) is 3.36. The maximum absolute atomic E-state index is 13.6. The first-order chi connectivity index (χ1) is 12.0. The summed E-state index contributed by atoms with van der Waals surface area (Å²) in [6, 6.07) is 8.63. The molecule has 1 aliphatic heterocycles. The highest BCUT2D eigenvalue weighted by atomic mass is 32.1. The quantitative estimate of drug-likeness (QED) is 0.909. The Hall–Kier alpha value is -2.21. The molecule has 1 aromatic heterocycles. The normalized spacial score (nSPS) is 17.4. The van der Waals surface area contributed by atoms with Gasteiger partial charge in [0.25, 0.3) is 5.91 Å². The first kappa shape index (κ1) is 17.6. The summed E-state index contributed by atoms with van der Waals surface area (Å²) in [5.41, 5.74) is 1.32. The Kier molecular flexibility index (Phi) is 5.48. The predicted molar refractivity (Wildman–Crippen MR) is 95.9 cm³/mol. The van der Waals surface area contributed by atoms with Gasteiger partial charge in [-0.15, -0.1) is 11.3 Å². The summed E-state index contributed by atoms with van der Waals surface area (Å²) >= 11 is 1.42. The summed E-state index contributed by atoms with van der Waals surface area (Å²) in [6.45, 7) is 3.12. The summed E-state index contributed by atoms with van der Waals surface area (Å²) in [6.07, 6.45) is 1.58. The number of hydrogen-bond acceptors (Lipinski definition) is 3. The lowest BCUT2D eigenvalue weighted by Crippen LogP contribution is -2.45. The van der Waals surface area contributed by atoms with Gasteiger partial charge in [-0.1, -0.05) is 18.2 Å². The van der Waals surface area contributed by atoms with E-state index in [0.717, 1.165) is 18.4 Å². The van der Waals surface area contributed by atoms with Gasteiger partial charge in [0.05, 0.1) is 10.8 Å². The fraction of sp³-hybridized carbons (Fsp3) is 0.368. The monoisotopic (exact) mass is 360 g/mol. The maximum atomic E-state index is 13.6. The highest BCUT2D eigenvalue weighted by Gasteiger charge is 2.29. The van der Waals surface area contributed by atoms with E-state index in [2.05, 4.69) is 5.32 Å². The van der Waals surface area contributed by atoms with Crippen LogP contribution < -0.4 is 5.32 Å². The van der Waals surface area contributed by atoms with Gasteiger partial charge >= 0.3 is 0 Å². The molecule has 1 saturated heterocycles. The highest BCUT2D eigenvalue weighted by Crippen LogP contribution is 2.21. The zero-order valence-corrected chi connectivity index (χ0v) is 14.9. The minimum absolute atomic E-state index is 0.00638. The van der Waals surface area contributed by atoms with E-state index in [0.29, 0.717) is 30.1 Å². The van der Waals surface area contributed by atoms with Crippen LogP contribution in [0.1, 0.15) is 33.6 Å². The van der Waals surface area contributed by atoms with Crippen molar-refractivity contribution in [1.29, 1.82) is 0 Å². The number of benzene rings is 1. The zero-order chi connectivity index (χ0) is 17.8. The molecule has 6 heteroatoms. The van der Waals surface area contributed by atoms with Gasteiger partial charge in [0.2, 0.25) is 5.91 Å². The van der Waals surface area contributed by atoms with Crippen molar-refractivity contribution >= 4 is 23.2 Å². The van der Waals surface area contributed by atoms with E-state index in [9.17, 15) is 14.0 Å². The molecule has 132 valence electrons. The van der Waals surface area contributed by atoms with E-state index < -0.39 is 0 Å². The number of piperidine rings is 1. The molecule has 3 rings (SSSR count). The van der Waals surface area contributed by atoms with E-state index in [1.165, 1.54) is 17.4 Å². The number of carbonyl (C=O) groups excluding carboxylic acids is 2. The highest BCUT2D eigenvalue weighted by molar-refractivity contribution is 7.12. The topological polar surface area (TPSA) is 49.4 Å². The lowest BCUT2D eigenvalue weighted by atomic mass is 9.97. The minimum Gasteiger partial charge on any atom is -0.352 e. The third-order valence-electron chi connectivity index (χ3n) is 4.51. The summed E-state index contributed by atoms with van der Waals surface area (Å²) < 4.78 is 13.6. The van der Waals surface area contributed by atoms with Crippen molar-refractivity contribution in [3.05, 3.63) is 57.5 Å². The molecule has 0 aliphatic carbocycles. The molecule has 1 aliphatic rings. The Balaban J connectivity index is 1.56. The fourth-order valence-electron chi connectivity index (χ4n) is 3.01. The van der Waals surface area contributed by atoms with Crippen LogP contribution in [-0.2, 0) is 11.3 Å². The molecule has 1 unspecified atom stereocenters. The van der Waals surface area contributed by atoms with Crippen LogP contribution in [0.3, 0.4) is 0 Å². The zero-order valence-electron chi connectivity index (χ0n) is 14.1. The largest absolute Gasteiger partial charge is 0.352 e. The standard InChI is InChI=1S/C19H21FN2O2S/c1-13-6-7-14(10-16(13)20)11-21-18(23)15-4-2-8-22(12-15)19(24)17-5-3-9-25-17/h3,5-7,9-10,15H,2,4,8,11-12H2,1H3,(H,21,23). The third-order valence-corrected chi connectivity index (χ3v) is 5.37. The first-order valence-electron chi connectivity index (χ1n) is 8.40. The van der Waals surface area contributed by atoms with Crippen molar-refractivity contribution < 1.29 is 14.0 Å². The Morgan fingerprint density at radius 2 is 2.20 bits per heavy atom. The number of thiophene rings is 1. The van der Waals surface area contributed by atoms with E-state index in [1.54, 1.807) is 17.9 Å². The van der Waals surface area contributed by atoms with Crippen molar-refractivity contribution in [3.8, 4) is 0 Å². The number of amides is 2. The van der Waals surface area contributed by atoms with E-state index >= 15 is 0 Å². The van der Waals surface area contributed by atoms with Crippen LogP contribution in [0.2, 0.25) is 0 Å². The maximum Gasteiger partial charge on any atom is 0.263 e. The number of carbonyl (C=O) groups is 2. The molecule has 25 heavy (non-hydrogen) atoms. The molecule has 0 spiro atoms. The van der Waals surface area contributed by atoms with Crippen molar-refractivity contribution in [1.82, 2.24) is 10.2 Å². The Labute approximate surface area is 150 Å². The van der Waals surface area contributed by atoms with Crippen molar-refractivity contribution in [2.45, 2.75) is 26.3 Å². The van der Waals surface area contributed by atoms with E-state index in [1.807, 2.05) is 23.6 Å². The summed E-state index contributed by atoms with van der Waals surface area (Å²) in [4.78, 5) is 27.3. The molecular formula is C19H21FN2O2S. The first-order valence-corrected chi connectivity index (χ1v) is 9.28. The summed E-state index contributed by atoms with van der Waals surface area (Å²) in [7, 11) is 0. The number of likely N-dealkylation sites (tertiary alicyclic amines) is 1. The lowest BCUT2D eigenvalue weighted by molar-refractivity contribution is -0.126. The molecule has 1 atom stereocenters. The van der Waals surface area contributed by atoms with Gasteiger partial charge in [0, 0.05) is 19.6 Å². The summed E-state index contributed by atoms with van der Waals surface area (Å²) in [5, 5.41) is 4.75. The van der Waals surface area contributed by atoms with Gasteiger partial charge in [0.1, 0.15) is 5.82 Å². The molecule has 1 N–H and O–H groups in total. The molecule has 2 aromatic rings. The van der Waals surface area contributed by atoms with Crippen molar-refractivity contribution in [3.63, 3.8) is 0 Å². The van der Waals surface area contributed by atoms with Gasteiger partial charge in [-0.05, 0) is 48.4 Å². The molecule has 2 heterocycles. The minimum atomic E-state index is -0.267. The average Bonchev–Trinajstić information content (AvgIpc) is 3.16. The van der Waals surface area contributed by atoms with Gasteiger partial charge in [-0.2, -0.15) is 0 Å². The molecule has 1 aromatic carbocycles. The SMILES string of the molecule is Cc1ccc(CNC(=O)C2CCCN(C(=O)c3cccs3)C2)cc1F. The van der Waals surface area contributed by atoms with Gasteiger partial charge in [-0.3, -0.25) is 9.59 Å². The Morgan fingerprint density at radius 1 is 1.36 bits per heavy atom. The number of aryl methyl sites for hydroxylation is 1. The molecule has 0 radical (unpaired) electrons. The molecule has 0 saturated carbocycles. The van der Waals surface area contributed by atoms with Gasteiger partial charge in [-0.25, -0.2) is 4.39 Å². The van der Waals surface area contributed by atoms with E-state index in [4.69, 9.17) is 0 Å². The molecule has 0 bridgehead atoms. The molecule has 2 amide bonds. The van der Waals surface area contributed by atoms with Crippen molar-refractivity contribution in [2.24, 2.45) is 5.92 Å².